The second-order valence-corrected chi connectivity index (χ2v) is 5.74. The van der Waals surface area contributed by atoms with E-state index in [1.165, 1.54) is 0 Å². The van der Waals surface area contributed by atoms with Crippen molar-refractivity contribution in [2.24, 2.45) is 0 Å². The zero-order valence-electron chi connectivity index (χ0n) is 13.9. The van der Waals surface area contributed by atoms with Crippen molar-refractivity contribution in [3.05, 3.63) is 59.8 Å². The van der Waals surface area contributed by atoms with E-state index in [1.54, 1.807) is 19.2 Å². The van der Waals surface area contributed by atoms with Crippen LogP contribution in [0.5, 0.6) is 0 Å². The number of hydrogen-bond donors (Lipinski definition) is 0. The molecule has 0 bridgehead atoms. The standard InChI is InChI=1S/C19H16N4O2/c1-3-25-19(24)15-11-14-5-4-10-20-16(14)23-17(21-22-18(15)23)13-8-6-12(2)7-9-13/h4-11H,3H2,1-2H3. The average Bonchev–Trinajstić information content (AvgIpc) is 3.07. The Morgan fingerprint density at radius 1 is 1.12 bits per heavy atom. The van der Waals surface area contributed by atoms with Crippen LogP contribution >= 0.6 is 0 Å². The highest BCUT2D eigenvalue weighted by Gasteiger charge is 2.20. The maximum atomic E-state index is 12.4. The monoisotopic (exact) mass is 332 g/mol. The van der Waals surface area contributed by atoms with Crippen molar-refractivity contribution < 1.29 is 9.53 Å². The first kappa shape index (κ1) is 15.3. The van der Waals surface area contributed by atoms with Gasteiger partial charge in [0.2, 0.25) is 0 Å². The first-order valence-corrected chi connectivity index (χ1v) is 8.06. The molecule has 0 N–H and O–H groups in total. The average molecular weight is 332 g/mol. The van der Waals surface area contributed by atoms with Crippen LogP contribution in [0.15, 0.2) is 48.7 Å². The van der Waals surface area contributed by atoms with Gasteiger partial charge in [0, 0.05) is 17.1 Å². The molecule has 0 unspecified atom stereocenters. The molecule has 0 atom stereocenters. The number of esters is 1. The van der Waals surface area contributed by atoms with E-state index in [0.717, 1.165) is 16.5 Å². The largest absolute Gasteiger partial charge is 0.462 e. The Hall–Kier alpha value is -3.28. The van der Waals surface area contributed by atoms with Gasteiger partial charge >= 0.3 is 5.97 Å². The molecule has 0 aliphatic rings. The molecule has 0 amide bonds. The van der Waals surface area contributed by atoms with Gasteiger partial charge < -0.3 is 4.74 Å². The summed E-state index contributed by atoms with van der Waals surface area (Å²) in [5.41, 5.74) is 3.60. The molecule has 0 aliphatic carbocycles. The van der Waals surface area contributed by atoms with Crippen LogP contribution in [0.4, 0.5) is 0 Å². The van der Waals surface area contributed by atoms with Gasteiger partial charge in [-0.3, -0.25) is 4.40 Å². The van der Waals surface area contributed by atoms with Crippen molar-refractivity contribution in [1.82, 2.24) is 19.6 Å². The molecular formula is C19H16N4O2. The van der Waals surface area contributed by atoms with Crippen LogP contribution in [0.2, 0.25) is 0 Å². The lowest BCUT2D eigenvalue weighted by molar-refractivity contribution is 0.0528. The molecule has 0 saturated heterocycles. The van der Waals surface area contributed by atoms with Crippen LogP contribution in [0, 0.1) is 6.92 Å². The Morgan fingerprint density at radius 3 is 2.68 bits per heavy atom. The van der Waals surface area contributed by atoms with E-state index < -0.39 is 5.97 Å². The van der Waals surface area contributed by atoms with Gasteiger partial charge in [0.15, 0.2) is 11.5 Å². The third-order valence-electron chi connectivity index (χ3n) is 4.04. The second-order valence-electron chi connectivity index (χ2n) is 5.74. The van der Waals surface area contributed by atoms with Crippen molar-refractivity contribution in [2.45, 2.75) is 13.8 Å². The number of aryl methyl sites for hydroxylation is 1. The van der Waals surface area contributed by atoms with Crippen molar-refractivity contribution in [3.8, 4) is 11.4 Å². The minimum absolute atomic E-state index is 0.301. The fourth-order valence-electron chi connectivity index (χ4n) is 2.84. The quantitative estimate of drug-likeness (QED) is 0.538. The van der Waals surface area contributed by atoms with E-state index in [1.807, 2.05) is 47.7 Å². The van der Waals surface area contributed by atoms with E-state index in [4.69, 9.17) is 4.74 Å². The van der Waals surface area contributed by atoms with Gasteiger partial charge in [-0.25, -0.2) is 9.78 Å². The van der Waals surface area contributed by atoms with E-state index in [-0.39, 0.29) is 0 Å². The molecular weight excluding hydrogens is 316 g/mol. The maximum absolute atomic E-state index is 12.4. The van der Waals surface area contributed by atoms with Crippen molar-refractivity contribution in [2.75, 3.05) is 6.61 Å². The summed E-state index contributed by atoms with van der Waals surface area (Å²) in [6.45, 7) is 4.11. The van der Waals surface area contributed by atoms with Gasteiger partial charge in [-0.1, -0.05) is 29.8 Å². The smallest absolute Gasteiger partial charge is 0.342 e. The number of pyridine rings is 2. The zero-order valence-corrected chi connectivity index (χ0v) is 13.9. The molecule has 4 aromatic rings. The first-order chi connectivity index (χ1) is 12.2. The van der Waals surface area contributed by atoms with Crippen molar-refractivity contribution >= 4 is 22.6 Å². The topological polar surface area (TPSA) is 69.4 Å². The lowest BCUT2D eigenvalue weighted by Crippen LogP contribution is -2.08. The zero-order chi connectivity index (χ0) is 17.4. The predicted molar refractivity (Wildman–Crippen MR) is 94.4 cm³/mol. The maximum Gasteiger partial charge on any atom is 0.342 e. The fourth-order valence-corrected chi connectivity index (χ4v) is 2.84. The molecule has 0 aliphatic heterocycles. The summed E-state index contributed by atoms with van der Waals surface area (Å²) < 4.78 is 6.99. The lowest BCUT2D eigenvalue weighted by Gasteiger charge is -2.08. The highest BCUT2D eigenvalue weighted by molar-refractivity contribution is 6.00. The van der Waals surface area contributed by atoms with E-state index >= 15 is 0 Å². The van der Waals surface area contributed by atoms with Crippen LogP contribution in [0.25, 0.3) is 28.1 Å². The molecule has 6 nitrogen and oxygen atoms in total. The molecule has 6 heteroatoms. The summed E-state index contributed by atoms with van der Waals surface area (Å²) >= 11 is 0. The van der Waals surface area contributed by atoms with Gasteiger partial charge in [-0.15, -0.1) is 10.2 Å². The number of carbonyl (C=O) groups is 1. The van der Waals surface area contributed by atoms with Crippen LogP contribution in [-0.4, -0.2) is 32.2 Å². The van der Waals surface area contributed by atoms with Gasteiger partial charge in [0.05, 0.1) is 6.61 Å². The molecule has 0 radical (unpaired) electrons. The number of fused-ring (bicyclic) bond motifs is 3. The minimum atomic E-state index is -0.416. The minimum Gasteiger partial charge on any atom is -0.462 e. The molecule has 4 rings (SSSR count). The predicted octanol–water partition coefficient (Wildman–Crippen LogP) is 3.43. The summed E-state index contributed by atoms with van der Waals surface area (Å²) in [6.07, 6.45) is 1.71. The summed E-state index contributed by atoms with van der Waals surface area (Å²) in [6, 6.07) is 13.5. The number of benzene rings is 1. The third kappa shape index (κ3) is 2.52. The van der Waals surface area contributed by atoms with Crippen LogP contribution < -0.4 is 0 Å². The van der Waals surface area contributed by atoms with Crippen LogP contribution in [0.1, 0.15) is 22.8 Å². The second kappa shape index (κ2) is 5.98. The molecule has 0 fully saturated rings. The summed E-state index contributed by atoms with van der Waals surface area (Å²) in [7, 11) is 0. The Kier molecular flexibility index (Phi) is 3.65. The molecule has 3 heterocycles. The summed E-state index contributed by atoms with van der Waals surface area (Å²) in [4.78, 5) is 16.8. The Balaban J connectivity index is 2.06. The van der Waals surface area contributed by atoms with Crippen molar-refractivity contribution in [3.63, 3.8) is 0 Å². The van der Waals surface area contributed by atoms with Crippen molar-refractivity contribution in [1.29, 1.82) is 0 Å². The van der Waals surface area contributed by atoms with Crippen LogP contribution in [0.3, 0.4) is 0 Å². The molecule has 25 heavy (non-hydrogen) atoms. The molecule has 0 saturated carbocycles. The summed E-state index contributed by atoms with van der Waals surface area (Å²) in [5, 5.41) is 9.38. The third-order valence-corrected chi connectivity index (χ3v) is 4.04. The first-order valence-electron chi connectivity index (χ1n) is 8.06. The van der Waals surface area contributed by atoms with Crippen LogP contribution in [-0.2, 0) is 4.74 Å². The number of carbonyl (C=O) groups excluding carboxylic acids is 1. The molecule has 124 valence electrons. The van der Waals surface area contributed by atoms with Gasteiger partial charge in [-0.05, 0) is 32.0 Å². The Morgan fingerprint density at radius 2 is 1.92 bits per heavy atom. The highest BCUT2D eigenvalue weighted by atomic mass is 16.5. The van der Waals surface area contributed by atoms with Gasteiger partial charge in [0.1, 0.15) is 11.2 Å². The number of hydrogen-bond acceptors (Lipinski definition) is 5. The Labute approximate surface area is 144 Å². The van der Waals surface area contributed by atoms with E-state index in [0.29, 0.717) is 29.3 Å². The normalized spacial score (nSPS) is 11.1. The molecule has 0 spiro atoms. The SMILES string of the molecule is CCOC(=O)c1cc2cccnc2n2c(-c3ccc(C)cc3)nnc12. The molecule has 3 aromatic heterocycles. The Bertz CT molecular complexity index is 1080. The van der Waals surface area contributed by atoms with E-state index in [9.17, 15) is 4.79 Å². The fraction of sp³-hybridized carbons (Fsp3) is 0.158. The van der Waals surface area contributed by atoms with Gasteiger partial charge in [0.25, 0.3) is 0 Å². The number of ether oxygens (including phenoxy) is 1. The lowest BCUT2D eigenvalue weighted by atomic mass is 10.1. The number of nitrogens with zero attached hydrogens (tertiary/aromatic N) is 4. The molecule has 1 aromatic carbocycles. The number of aromatic nitrogens is 4. The number of rotatable bonds is 3. The van der Waals surface area contributed by atoms with E-state index in [2.05, 4.69) is 15.2 Å². The summed E-state index contributed by atoms with van der Waals surface area (Å²) in [5.74, 6) is 0.228. The highest BCUT2D eigenvalue weighted by Crippen LogP contribution is 2.26. The van der Waals surface area contributed by atoms with Gasteiger partial charge in [-0.2, -0.15) is 0 Å².